The number of allylic oxidation sites excluding steroid dienone is 1. The molecule has 1 fully saturated rings. The SMILES string of the molecule is C=CCCCCCN(C)C(=NCc1ccc(N2CCN(C)CC2)nc1)NCC.I. The second-order valence-corrected chi connectivity index (χ2v) is 7.54. The molecule has 1 aromatic rings. The summed E-state index contributed by atoms with van der Waals surface area (Å²) in [5.74, 6) is 2.04. The fourth-order valence-corrected chi connectivity index (χ4v) is 3.29. The van der Waals surface area contributed by atoms with Crippen LogP contribution < -0.4 is 10.2 Å². The minimum absolute atomic E-state index is 0. The van der Waals surface area contributed by atoms with Crippen LogP contribution in [0.3, 0.4) is 0 Å². The number of aromatic nitrogens is 1. The first kappa shape index (κ1) is 25.7. The topological polar surface area (TPSA) is 47.0 Å². The number of anilines is 1. The number of unbranched alkanes of at least 4 members (excludes halogenated alkanes) is 3. The third kappa shape index (κ3) is 9.33. The normalized spacial score (nSPS) is 15.0. The van der Waals surface area contributed by atoms with Crippen LogP contribution in [-0.4, -0.2) is 74.1 Å². The summed E-state index contributed by atoms with van der Waals surface area (Å²) < 4.78 is 0. The Hall–Kier alpha value is -1.35. The molecule has 0 aliphatic carbocycles. The maximum absolute atomic E-state index is 4.81. The van der Waals surface area contributed by atoms with E-state index in [1.165, 1.54) is 19.3 Å². The molecule has 29 heavy (non-hydrogen) atoms. The average molecular weight is 515 g/mol. The molecule has 1 aliphatic heterocycles. The Kier molecular flexibility index (Phi) is 12.9. The molecule has 7 heteroatoms. The van der Waals surface area contributed by atoms with Gasteiger partial charge in [-0.25, -0.2) is 9.98 Å². The van der Waals surface area contributed by atoms with Gasteiger partial charge in [-0.3, -0.25) is 0 Å². The van der Waals surface area contributed by atoms with E-state index in [0.717, 1.165) is 63.0 Å². The summed E-state index contributed by atoms with van der Waals surface area (Å²) in [6, 6.07) is 4.29. The van der Waals surface area contributed by atoms with Gasteiger partial charge in [-0.1, -0.05) is 18.6 Å². The number of hydrogen-bond acceptors (Lipinski definition) is 4. The zero-order chi connectivity index (χ0) is 20.2. The fourth-order valence-electron chi connectivity index (χ4n) is 3.29. The van der Waals surface area contributed by atoms with Gasteiger partial charge in [0.1, 0.15) is 5.82 Å². The number of guanidine groups is 1. The summed E-state index contributed by atoms with van der Waals surface area (Å²) >= 11 is 0. The zero-order valence-electron chi connectivity index (χ0n) is 18.4. The lowest BCUT2D eigenvalue weighted by atomic mass is 10.2. The highest BCUT2D eigenvalue weighted by Crippen LogP contribution is 2.14. The van der Waals surface area contributed by atoms with Crippen molar-refractivity contribution in [1.82, 2.24) is 20.1 Å². The van der Waals surface area contributed by atoms with Crippen LogP contribution in [0.5, 0.6) is 0 Å². The van der Waals surface area contributed by atoms with Gasteiger partial charge in [-0.05, 0) is 44.9 Å². The van der Waals surface area contributed by atoms with E-state index in [0.29, 0.717) is 6.54 Å². The summed E-state index contributed by atoms with van der Waals surface area (Å²) in [7, 11) is 4.29. The van der Waals surface area contributed by atoms with Crippen LogP contribution >= 0.6 is 24.0 Å². The predicted molar refractivity (Wildman–Crippen MR) is 135 cm³/mol. The van der Waals surface area contributed by atoms with Crippen LogP contribution in [0, 0.1) is 0 Å². The third-order valence-corrected chi connectivity index (χ3v) is 5.15. The minimum atomic E-state index is 0. The van der Waals surface area contributed by atoms with Crippen molar-refractivity contribution in [1.29, 1.82) is 0 Å². The Morgan fingerprint density at radius 1 is 1.24 bits per heavy atom. The Morgan fingerprint density at radius 2 is 2.00 bits per heavy atom. The molecule has 1 saturated heterocycles. The van der Waals surface area contributed by atoms with E-state index in [4.69, 9.17) is 4.99 Å². The highest BCUT2D eigenvalue weighted by molar-refractivity contribution is 14.0. The highest BCUT2D eigenvalue weighted by atomic mass is 127. The minimum Gasteiger partial charge on any atom is -0.357 e. The second kappa shape index (κ2) is 14.6. The lowest BCUT2D eigenvalue weighted by Crippen LogP contribution is -2.44. The number of aliphatic imine (C=N–C) groups is 1. The molecule has 0 spiro atoms. The van der Waals surface area contributed by atoms with E-state index in [1.807, 2.05) is 12.3 Å². The molecule has 2 rings (SSSR count). The number of piperazine rings is 1. The first-order chi connectivity index (χ1) is 13.6. The first-order valence-electron chi connectivity index (χ1n) is 10.6. The van der Waals surface area contributed by atoms with Crippen molar-refractivity contribution in [3.8, 4) is 0 Å². The smallest absolute Gasteiger partial charge is 0.193 e. The van der Waals surface area contributed by atoms with Crippen molar-refractivity contribution >= 4 is 35.8 Å². The Balaban J connectivity index is 0.00000420. The summed E-state index contributed by atoms with van der Waals surface area (Å²) in [6.07, 6.45) is 8.70. The number of rotatable bonds is 10. The van der Waals surface area contributed by atoms with Crippen molar-refractivity contribution in [2.24, 2.45) is 4.99 Å². The van der Waals surface area contributed by atoms with Crippen molar-refractivity contribution < 1.29 is 0 Å². The van der Waals surface area contributed by atoms with Gasteiger partial charge in [0, 0.05) is 52.5 Å². The van der Waals surface area contributed by atoms with E-state index in [9.17, 15) is 0 Å². The van der Waals surface area contributed by atoms with Crippen LogP contribution in [0.1, 0.15) is 38.2 Å². The quantitative estimate of drug-likeness (QED) is 0.170. The van der Waals surface area contributed by atoms with Crippen molar-refractivity contribution in [3.05, 3.63) is 36.5 Å². The van der Waals surface area contributed by atoms with E-state index in [-0.39, 0.29) is 24.0 Å². The third-order valence-electron chi connectivity index (χ3n) is 5.15. The summed E-state index contributed by atoms with van der Waals surface area (Å²) in [6.45, 7) is 12.7. The lowest BCUT2D eigenvalue weighted by Gasteiger charge is -2.33. The number of pyridine rings is 1. The van der Waals surface area contributed by atoms with Crippen molar-refractivity contribution in [3.63, 3.8) is 0 Å². The number of nitrogens with one attached hydrogen (secondary N) is 1. The summed E-state index contributed by atoms with van der Waals surface area (Å²) in [5.41, 5.74) is 1.15. The van der Waals surface area contributed by atoms with Crippen LogP contribution in [0.25, 0.3) is 0 Å². The van der Waals surface area contributed by atoms with Crippen LogP contribution in [0.2, 0.25) is 0 Å². The molecule has 0 atom stereocenters. The molecule has 0 unspecified atom stereocenters. The molecule has 0 bridgehead atoms. The number of hydrogen-bond donors (Lipinski definition) is 1. The lowest BCUT2D eigenvalue weighted by molar-refractivity contribution is 0.312. The molecule has 164 valence electrons. The van der Waals surface area contributed by atoms with Crippen LogP contribution in [-0.2, 0) is 6.54 Å². The van der Waals surface area contributed by atoms with Gasteiger partial charge >= 0.3 is 0 Å². The Morgan fingerprint density at radius 3 is 2.62 bits per heavy atom. The van der Waals surface area contributed by atoms with Gasteiger partial charge in [-0.2, -0.15) is 0 Å². The standard InChI is InChI=1S/C22H38N6.HI/c1-5-7-8-9-10-13-27(4)22(23-6-2)25-19-20-11-12-21(24-18-20)28-16-14-26(3)15-17-28;/h5,11-12,18H,1,6-10,13-17,19H2,2-4H3,(H,23,25);1H. The maximum Gasteiger partial charge on any atom is 0.193 e. The average Bonchev–Trinajstić information content (AvgIpc) is 2.72. The van der Waals surface area contributed by atoms with Gasteiger partial charge in [-0.15, -0.1) is 30.6 Å². The van der Waals surface area contributed by atoms with Gasteiger partial charge < -0.3 is 20.0 Å². The van der Waals surface area contributed by atoms with Crippen molar-refractivity contribution in [2.45, 2.75) is 39.2 Å². The number of nitrogens with zero attached hydrogens (tertiary/aromatic N) is 5. The molecule has 0 amide bonds. The summed E-state index contributed by atoms with van der Waals surface area (Å²) in [4.78, 5) is 16.4. The van der Waals surface area contributed by atoms with Gasteiger partial charge in [0.05, 0.1) is 6.54 Å². The molecule has 1 N–H and O–H groups in total. The van der Waals surface area contributed by atoms with Gasteiger partial charge in [0.15, 0.2) is 5.96 Å². The molecule has 0 saturated carbocycles. The molecule has 6 nitrogen and oxygen atoms in total. The molecule has 0 aromatic carbocycles. The van der Waals surface area contributed by atoms with E-state index >= 15 is 0 Å². The van der Waals surface area contributed by atoms with E-state index < -0.39 is 0 Å². The molecule has 1 aliphatic rings. The van der Waals surface area contributed by atoms with Crippen LogP contribution in [0.15, 0.2) is 36.0 Å². The molecular weight excluding hydrogens is 475 g/mol. The van der Waals surface area contributed by atoms with Crippen molar-refractivity contribution in [2.75, 3.05) is 58.3 Å². The Bertz CT molecular complexity index is 596. The molecular formula is C22H39IN6. The highest BCUT2D eigenvalue weighted by Gasteiger charge is 2.15. The maximum atomic E-state index is 4.81. The Labute approximate surface area is 194 Å². The molecule has 2 heterocycles. The predicted octanol–water partition coefficient (Wildman–Crippen LogP) is 3.60. The fraction of sp³-hybridized carbons (Fsp3) is 0.636. The second-order valence-electron chi connectivity index (χ2n) is 7.54. The zero-order valence-corrected chi connectivity index (χ0v) is 20.8. The molecule has 1 aromatic heterocycles. The summed E-state index contributed by atoms with van der Waals surface area (Å²) in [5, 5.41) is 3.40. The van der Waals surface area contributed by atoms with Gasteiger partial charge in [0.2, 0.25) is 0 Å². The number of likely N-dealkylation sites (N-methyl/N-ethyl adjacent to an activating group) is 1. The largest absolute Gasteiger partial charge is 0.357 e. The number of halogens is 1. The van der Waals surface area contributed by atoms with Gasteiger partial charge in [0.25, 0.3) is 0 Å². The van der Waals surface area contributed by atoms with Crippen LogP contribution in [0.4, 0.5) is 5.82 Å². The molecule has 0 radical (unpaired) electrons. The monoisotopic (exact) mass is 514 g/mol. The first-order valence-corrected chi connectivity index (χ1v) is 10.6. The van der Waals surface area contributed by atoms with E-state index in [2.05, 4.69) is 64.7 Å². The van der Waals surface area contributed by atoms with E-state index in [1.54, 1.807) is 0 Å².